The first-order valence-electron chi connectivity index (χ1n) is 4.87. The third-order valence-electron chi connectivity index (χ3n) is 2.51. The first-order chi connectivity index (χ1) is 6.42. The lowest BCUT2D eigenvalue weighted by Crippen LogP contribution is -2.46. The van der Waals surface area contributed by atoms with Crippen LogP contribution in [-0.2, 0) is 10.2 Å². The number of nitrogens with one attached hydrogen (secondary N) is 1. The van der Waals surface area contributed by atoms with Crippen molar-refractivity contribution in [1.29, 1.82) is 0 Å². The van der Waals surface area contributed by atoms with Crippen LogP contribution < -0.4 is 10.5 Å². The van der Waals surface area contributed by atoms with Crippen LogP contribution in [0.15, 0.2) is 0 Å². The predicted molar refractivity (Wildman–Crippen MR) is 56.0 cm³/mol. The molecule has 1 rings (SSSR count). The van der Waals surface area contributed by atoms with Gasteiger partial charge in [-0.25, -0.2) is 0 Å². The summed E-state index contributed by atoms with van der Waals surface area (Å²) in [6, 6.07) is 0.143. The van der Waals surface area contributed by atoms with Gasteiger partial charge in [-0.3, -0.25) is 0 Å². The molecule has 0 aromatic carbocycles. The van der Waals surface area contributed by atoms with E-state index in [4.69, 9.17) is 5.73 Å². The van der Waals surface area contributed by atoms with Gasteiger partial charge in [0.15, 0.2) is 0 Å². The first kappa shape index (κ1) is 11.9. The van der Waals surface area contributed by atoms with E-state index in [0.29, 0.717) is 0 Å². The van der Waals surface area contributed by atoms with Gasteiger partial charge < -0.3 is 5.73 Å². The van der Waals surface area contributed by atoms with Gasteiger partial charge in [-0.1, -0.05) is 6.42 Å². The van der Waals surface area contributed by atoms with Crippen LogP contribution in [0.25, 0.3) is 0 Å². The van der Waals surface area contributed by atoms with Crippen LogP contribution in [0.4, 0.5) is 0 Å². The Morgan fingerprint density at radius 2 is 2.00 bits per heavy atom. The number of nitrogens with two attached hydrogens (primary N) is 1. The number of rotatable bonds is 3. The van der Waals surface area contributed by atoms with E-state index in [1.165, 1.54) is 18.4 Å². The Morgan fingerprint density at radius 3 is 2.50 bits per heavy atom. The van der Waals surface area contributed by atoms with Crippen LogP contribution in [0.2, 0.25) is 0 Å². The molecule has 5 nitrogen and oxygen atoms in total. The lowest BCUT2D eigenvalue weighted by atomic mass is 9.92. The molecule has 0 saturated heterocycles. The largest absolute Gasteiger partial charge is 0.328 e. The van der Waals surface area contributed by atoms with Crippen LogP contribution in [-0.4, -0.2) is 38.9 Å². The standard InChI is InChI=1S/C8H19N3O2S/c1-11(2)14(12,13)10-8-5-3-4-7(9)6-8/h7-8,10H,3-6,9H2,1-2H3. The molecule has 0 radical (unpaired) electrons. The molecule has 0 spiro atoms. The minimum absolute atomic E-state index is 0.00569. The van der Waals surface area contributed by atoms with E-state index in [2.05, 4.69) is 4.72 Å². The van der Waals surface area contributed by atoms with Crippen molar-refractivity contribution in [3.05, 3.63) is 0 Å². The molecule has 3 N–H and O–H groups in total. The highest BCUT2D eigenvalue weighted by atomic mass is 32.2. The average molecular weight is 221 g/mol. The molecule has 6 heteroatoms. The van der Waals surface area contributed by atoms with Gasteiger partial charge in [0, 0.05) is 26.2 Å². The minimum atomic E-state index is -3.29. The Balaban J connectivity index is 2.52. The van der Waals surface area contributed by atoms with Crippen molar-refractivity contribution < 1.29 is 8.42 Å². The molecule has 1 aliphatic rings. The van der Waals surface area contributed by atoms with Gasteiger partial charge in [-0.15, -0.1) is 0 Å². The van der Waals surface area contributed by atoms with Crippen molar-refractivity contribution in [3.63, 3.8) is 0 Å². The zero-order valence-electron chi connectivity index (χ0n) is 8.73. The monoisotopic (exact) mass is 221 g/mol. The maximum Gasteiger partial charge on any atom is 0.279 e. The highest BCUT2D eigenvalue weighted by Gasteiger charge is 2.24. The Bertz CT molecular complexity index is 276. The summed E-state index contributed by atoms with van der Waals surface area (Å²) in [6.45, 7) is 0. The fourth-order valence-corrected chi connectivity index (χ4v) is 2.50. The number of hydrogen-bond donors (Lipinski definition) is 2. The zero-order valence-corrected chi connectivity index (χ0v) is 9.55. The van der Waals surface area contributed by atoms with E-state index in [0.717, 1.165) is 25.7 Å². The molecule has 0 bridgehead atoms. The number of nitrogens with zero attached hydrogens (tertiary/aromatic N) is 1. The maximum atomic E-state index is 11.5. The summed E-state index contributed by atoms with van der Waals surface area (Å²) >= 11 is 0. The first-order valence-corrected chi connectivity index (χ1v) is 6.31. The summed E-state index contributed by atoms with van der Waals surface area (Å²) in [5.41, 5.74) is 5.77. The fourth-order valence-electron chi connectivity index (χ4n) is 1.65. The molecular formula is C8H19N3O2S. The average Bonchev–Trinajstić information content (AvgIpc) is 2.02. The molecule has 14 heavy (non-hydrogen) atoms. The molecular weight excluding hydrogens is 202 g/mol. The van der Waals surface area contributed by atoms with Crippen molar-refractivity contribution in [2.24, 2.45) is 5.73 Å². The minimum Gasteiger partial charge on any atom is -0.328 e. The maximum absolute atomic E-state index is 11.5. The molecule has 0 amide bonds. The van der Waals surface area contributed by atoms with Gasteiger partial charge in [-0.05, 0) is 19.3 Å². The van der Waals surface area contributed by atoms with E-state index in [9.17, 15) is 8.42 Å². The lowest BCUT2D eigenvalue weighted by Gasteiger charge is -2.28. The molecule has 1 aliphatic carbocycles. The molecule has 84 valence electrons. The van der Waals surface area contributed by atoms with E-state index < -0.39 is 10.2 Å². The lowest BCUT2D eigenvalue weighted by molar-refractivity contribution is 0.364. The molecule has 2 unspecified atom stereocenters. The van der Waals surface area contributed by atoms with E-state index >= 15 is 0 Å². The number of hydrogen-bond acceptors (Lipinski definition) is 3. The smallest absolute Gasteiger partial charge is 0.279 e. The molecule has 0 heterocycles. The second kappa shape index (κ2) is 4.57. The van der Waals surface area contributed by atoms with Gasteiger partial charge in [0.05, 0.1) is 0 Å². The molecule has 0 aliphatic heterocycles. The Labute approximate surface area is 85.8 Å². The Morgan fingerprint density at radius 1 is 1.36 bits per heavy atom. The highest BCUT2D eigenvalue weighted by molar-refractivity contribution is 7.87. The van der Waals surface area contributed by atoms with Gasteiger partial charge >= 0.3 is 0 Å². The molecule has 0 aromatic heterocycles. The second-order valence-electron chi connectivity index (χ2n) is 4.03. The van der Waals surface area contributed by atoms with Crippen molar-refractivity contribution in [2.45, 2.75) is 37.8 Å². The van der Waals surface area contributed by atoms with E-state index in [1.807, 2.05) is 0 Å². The van der Waals surface area contributed by atoms with Crippen LogP contribution in [0.5, 0.6) is 0 Å². The van der Waals surface area contributed by atoms with Gasteiger partial charge in [0.25, 0.3) is 10.2 Å². The fraction of sp³-hybridized carbons (Fsp3) is 1.00. The quantitative estimate of drug-likeness (QED) is 0.684. The third-order valence-corrected chi connectivity index (χ3v) is 4.10. The highest BCUT2D eigenvalue weighted by Crippen LogP contribution is 2.17. The van der Waals surface area contributed by atoms with E-state index in [-0.39, 0.29) is 12.1 Å². The Hall–Kier alpha value is -0.170. The summed E-state index contributed by atoms with van der Waals surface area (Å²) in [7, 11) is -0.256. The van der Waals surface area contributed by atoms with Crippen LogP contribution in [0, 0.1) is 0 Å². The SMILES string of the molecule is CN(C)S(=O)(=O)NC1CCCC(N)C1. The summed E-state index contributed by atoms with van der Waals surface area (Å²) < 4.78 is 26.8. The molecule has 1 saturated carbocycles. The normalized spacial score (nSPS) is 29.4. The van der Waals surface area contributed by atoms with Gasteiger partial charge in [-0.2, -0.15) is 17.4 Å². The second-order valence-corrected chi connectivity index (χ2v) is 5.95. The zero-order chi connectivity index (χ0) is 10.8. The Kier molecular flexibility index (Phi) is 3.88. The summed E-state index contributed by atoms with van der Waals surface area (Å²) in [5.74, 6) is 0. The third kappa shape index (κ3) is 3.20. The van der Waals surface area contributed by atoms with Crippen molar-refractivity contribution in [2.75, 3.05) is 14.1 Å². The van der Waals surface area contributed by atoms with Crippen LogP contribution in [0.3, 0.4) is 0 Å². The van der Waals surface area contributed by atoms with Crippen molar-refractivity contribution in [1.82, 2.24) is 9.03 Å². The molecule has 0 aromatic rings. The van der Waals surface area contributed by atoms with E-state index in [1.54, 1.807) is 0 Å². The molecule has 2 atom stereocenters. The van der Waals surface area contributed by atoms with Crippen molar-refractivity contribution >= 4 is 10.2 Å². The predicted octanol–water partition coefficient (Wildman–Crippen LogP) is -0.348. The summed E-state index contributed by atoms with van der Waals surface area (Å²) in [5, 5.41) is 0. The van der Waals surface area contributed by atoms with Crippen LogP contribution >= 0.6 is 0 Å². The van der Waals surface area contributed by atoms with Gasteiger partial charge in [0.2, 0.25) is 0 Å². The topological polar surface area (TPSA) is 75.4 Å². The summed E-state index contributed by atoms with van der Waals surface area (Å²) in [6.07, 6.45) is 3.63. The van der Waals surface area contributed by atoms with Crippen LogP contribution in [0.1, 0.15) is 25.7 Å². The summed E-state index contributed by atoms with van der Waals surface area (Å²) in [4.78, 5) is 0. The van der Waals surface area contributed by atoms with Crippen molar-refractivity contribution in [3.8, 4) is 0 Å². The molecule has 1 fully saturated rings. The van der Waals surface area contributed by atoms with Gasteiger partial charge in [0.1, 0.15) is 0 Å².